The van der Waals surface area contributed by atoms with Crippen LogP contribution >= 0.6 is 0 Å². The second kappa shape index (κ2) is 7.95. The number of aromatic carboxylic acids is 1. The van der Waals surface area contributed by atoms with Crippen molar-refractivity contribution in [2.45, 2.75) is 12.8 Å². The molecule has 3 rings (SSSR count). The second-order valence-electron chi connectivity index (χ2n) is 6.38. The molecule has 0 unspecified atom stereocenters. The van der Waals surface area contributed by atoms with Gasteiger partial charge in [-0.3, -0.25) is 4.79 Å². The molecule has 2 aromatic rings. The molecule has 0 aliphatic carbocycles. The van der Waals surface area contributed by atoms with Gasteiger partial charge in [-0.15, -0.1) is 0 Å². The number of benzene rings is 2. The van der Waals surface area contributed by atoms with E-state index in [2.05, 4.69) is 0 Å². The van der Waals surface area contributed by atoms with Crippen LogP contribution in [0.4, 0.5) is 0 Å². The fourth-order valence-electron chi connectivity index (χ4n) is 3.21. The number of amides is 1. The van der Waals surface area contributed by atoms with Crippen molar-refractivity contribution in [2.24, 2.45) is 0 Å². The Morgan fingerprint density at radius 1 is 1.11 bits per heavy atom. The summed E-state index contributed by atoms with van der Waals surface area (Å²) in [4.78, 5) is 25.8. The number of phenols is 1. The summed E-state index contributed by atoms with van der Waals surface area (Å²) in [6, 6.07) is 12.0. The summed E-state index contributed by atoms with van der Waals surface area (Å²) in [5, 5.41) is 19.4. The van der Waals surface area contributed by atoms with Gasteiger partial charge in [0.1, 0.15) is 17.1 Å². The lowest BCUT2D eigenvalue weighted by atomic mass is 9.97. The van der Waals surface area contributed by atoms with Crippen LogP contribution in [0.2, 0.25) is 0 Å². The van der Waals surface area contributed by atoms with Crippen LogP contribution in [0.1, 0.15) is 39.1 Å². The van der Waals surface area contributed by atoms with E-state index in [4.69, 9.17) is 4.74 Å². The summed E-state index contributed by atoms with van der Waals surface area (Å²) < 4.78 is 5.12. The summed E-state index contributed by atoms with van der Waals surface area (Å²) in [6.07, 6.45) is 3.07. The highest BCUT2D eigenvalue weighted by Crippen LogP contribution is 2.31. The molecule has 1 saturated heterocycles. The largest absolute Gasteiger partial charge is 0.507 e. The zero-order chi connectivity index (χ0) is 19.4. The highest BCUT2D eigenvalue weighted by atomic mass is 16.5. The van der Waals surface area contributed by atoms with Gasteiger partial charge in [-0.1, -0.05) is 29.8 Å². The van der Waals surface area contributed by atoms with Crippen LogP contribution in [-0.2, 0) is 0 Å². The lowest BCUT2D eigenvalue weighted by molar-refractivity contribution is 0.0692. The van der Waals surface area contributed by atoms with Gasteiger partial charge in [-0.2, -0.15) is 0 Å². The molecule has 140 valence electrons. The third-order valence-corrected chi connectivity index (χ3v) is 4.64. The number of carboxylic acids is 1. The monoisotopic (exact) mass is 367 g/mol. The smallest absolute Gasteiger partial charge is 0.340 e. The van der Waals surface area contributed by atoms with E-state index in [-0.39, 0.29) is 17.2 Å². The maximum absolute atomic E-state index is 12.5. The molecule has 1 aliphatic heterocycles. The van der Waals surface area contributed by atoms with Gasteiger partial charge in [0.15, 0.2) is 0 Å². The van der Waals surface area contributed by atoms with Gasteiger partial charge in [0, 0.05) is 24.7 Å². The Morgan fingerprint density at radius 3 is 2.37 bits per heavy atom. The minimum atomic E-state index is -1.20. The van der Waals surface area contributed by atoms with E-state index >= 15 is 0 Å². The number of likely N-dealkylation sites (tertiary alicyclic amines) is 1. The molecule has 0 aromatic heterocycles. The molecule has 6 nitrogen and oxygen atoms in total. The van der Waals surface area contributed by atoms with E-state index in [1.54, 1.807) is 29.2 Å². The van der Waals surface area contributed by atoms with Gasteiger partial charge in [0.25, 0.3) is 5.91 Å². The molecule has 6 heteroatoms. The molecule has 1 fully saturated rings. The molecule has 1 amide bonds. The molecule has 0 atom stereocenters. The quantitative estimate of drug-likeness (QED) is 0.865. The summed E-state index contributed by atoms with van der Waals surface area (Å²) in [5.74, 6) is -1.13. The SMILES string of the molecule is COc1cc(O)c(C(=O)O)c(C=C2CCN(C(=O)c3ccccc3)CC2)c1. The average Bonchev–Trinajstić information content (AvgIpc) is 2.68. The molecule has 0 bridgehead atoms. The number of rotatable bonds is 4. The number of aromatic hydroxyl groups is 1. The first kappa shape index (κ1) is 18.5. The van der Waals surface area contributed by atoms with E-state index in [0.29, 0.717) is 42.8 Å². The number of piperidine rings is 1. The molecule has 27 heavy (non-hydrogen) atoms. The number of carbonyl (C=O) groups is 2. The topological polar surface area (TPSA) is 87.1 Å². The average molecular weight is 367 g/mol. The number of hydrogen-bond donors (Lipinski definition) is 2. The van der Waals surface area contributed by atoms with E-state index < -0.39 is 5.97 Å². The van der Waals surface area contributed by atoms with Crippen molar-refractivity contribution in [1.29, 1.82) is 0 Å². The van der Waals surface area contributed by atoms with Crippen molar-refractivity contribution in [2.75, 3.05) is 20.2 Å². The number of hydrogen-bond acceptors (Lipinski definition) is 4. The first-order valence-electron chi connectivity index (χ1n) is 8.67. The minimum Gasteiger partial charge on any atom is -0.507 e. The molecular formula is C21H21NO5. The van der Waals surface area contributed by atoms with Gasteiger partial charge >= 0.3 is 5.97 Å². The van der Waals surface area contributed by atoms with Gasteiger partial charge < -0.3 is 19.8 Å². The number of carbonyl (C=O) groups excluding carboxylic acids is 1. The normalized spacial score (nSPS) is 14.0. The lowest BCUT2D eigenvalue weighted by Gasteiger charge is -2.28. The van der Waals surface area contributed by atoms with Gasteiger partial charge in [0.2, 0.25) is 0 Å². The molecule has 2 aromatic carbocycles. The molecule has 1 aliphatic rings. The van der Waals surface area contributed by atoms with Crippen molar-refractivity contribution < 1.29 is 24.5 Å². The molecular weight excluding hydrogens is 346 g/mol. The van der Waals surface area contributed by atoms with Crippen LogP contribution in [0.15, 0.2) is 48.0 Å². The van der Waals surface area contributed by atoms with Crippen molar-refractivity contribution in [1.82, 2.24) is 4.90 Å². The van der Waals surface area contributed by atoms with Crippen molar-refractivity contribution in [3.05, 3.63) is 64.7 Å². The molecule has 0 radical (unpaired) electrons. The van der Waals surface area contributed by atoms with Crippen LogP contribution in [0.25, 0.3) is 6.08 Å². The van der Waals surface area contributed by atoms with Crippen LogP contribution in [-0.4, -0.2) is 47.2 Å². The highest BCUT2D eigenvalue weighted by Gasteiger charge is 2.22. The number of ether oxygens (including phenoxy) is 1. The Kier molecular flexibility index (Phi) is 5.45. The van der Waals surface area contributed by atoms with Crippen LogP contribution in [0.5, 0.6) is 11.5 Å². The molecule has 0 spiro atoms. The Labute approximate surface area is 157 Å². The van der Waals surface area contributed by atoms with Crippen molar-refractivity contribution >= 4 is 18.0 Å². The fraction of sp³-hybridized carbons (Fsp3) is 0.238. The zero-order valence-corrected chi connectivity index (χ0v) is 15.0. The first-order chi connectivity index (χ1) is 13.0. The lowest BCUT2D eigenvalue weighted by Crippen LogP contribution is -2.36. The van der Waals surface area contributed by atoms with Crippen molar-refractivity contribution in [3.8, 4) is 11.5 Å². The number of methoxy groups -OCH3 is 1. The number of carboxylic acid groups (broad SMARTS) is 1. The molecule has 1 heterocycles. The highest BCUT2D eigenvalue weighted by molar-refractivity contribution is 5.96. The van der Waals surface area contributed by atoms with Crippen LogP contribution in [0, 0.1) is 0 Å². The van der Waals surface area contributed by atoms with E-state index in [1.165, 1.54) is 13.2 Å². The van der Waals surface area contributed by atoms with Gasteiger partial charge in [-0.05, 0) is 36.6 Å². The molecule has 2 N–H and O–H groups in total. The van der Waals surface area contributed by atoms with E-state index in [9.17, 15) is 19.8 Å². The third-order valence-electron chi connectivity index (χ3n) is 4.64. The standard InChI is InChI=1S/C21H21NO5/c1-27-17-12-16(19(21(25)26)18(23)13-17)11-14-7-9-22(10-8-14)20(24)15-5-3-2-4-6-15/h2-6,11-13,23H,7-10H2,1H3,(H,25,26). The van der Waals surface area contributed by atoms with E-state index in [1.807, 2.05) is 18.2 Å². The molecule has 0 saturated carbocycles. The van der Waals surface area contributed by atoms with Gasteiger partial charge in [-0.25, -0.2) is 4.79 Å². The van der Waals surface area contributed by atoms with Gasteiger partial charge in [0.05, 0.1) is 7.11 Å². The fourth-order valence-corrected chi connectivity index (χ4v) is 3.21. The van der Waals surface area contributed by atoms with Crippen LogP contribution in [0.3, 0.4) is 0 Å². The zero-order valence-electron chi connectivity index (χ0n) is 15.0. The summed E-state index contributed by atoms with van der Waals surface area (Å²) in [6.45, 7) is 1.13. The Bertz CT molecular complexity index is 879. The third kappa shape index (κ3) is 4.11. The summed E-state index contributed by atoms with van der Waals surface area (Å²) >= 11 is 0. The maximum atomic E-state index is 12.5. The first-order valence-corrected chi connectivity index (χ1v) is 8.67. The Morgan fingerprint density at radius 2 is 1.78 bits per heavy atom. The number of nitrogens with zero attached hydrogens (tertiary/aromatic N) is 1. The van der Waals surface area contributed by atoms with E-state index in [0.717, 1.165) is 5.57 Å². The summed E-state index contributed by atoms with van der Waals surface area (Å²) in [5.41, 5.74) is 1.95. The second-order valence-corrected chi connectivity index (χ2v) is 6.38. The van der Waals surface area contributed by atoms with Crippen LogP contribution < -0.4 is 4.74 Å². The minimum absolute atomic E-state index is 0.0000928. The predicted octanol–water partition coefficient (Wildman–Crippen LogP) is 3.42. The Hall–Kier alpha value is -3.28. The summed E-state index contributed by atoms with van der Waals surface area (Å²) in [7, 11) is 1.46. The predicted molar refractivity (Wildman–Crippen MR) is 101 cm³/mol. The Balaban J connectivity index is 1.78. The van der Waals surface area contributed by atoms with Crippen molar-refractivity contribution in [3.63, 3.8) is 0 Å². The maximum Gasteiger partial charge on any atom is 0.340 e.